The van der Waals surface area contributed by atoms with Gasteiger partial charge in [0.2, 0.25) is 11.7 Å². The first-order chi connectivity index (χ1) is 7.04. The zero-order chi connectivity index (χ0) is 11.4. The van der Waals surface area contributed by atoms with E-state index in [1.807, 2.05) is 0 Å². The van der Waals surface area contributed by atoms with Crippen LogP contribution in [0, 0.1) is 0 Å². The molecule has 0 amide bonds. The normalized spacial score (nSPS) is 12.1. The molecule has 0 N–H and O–H groups in total. The molecule has 1 aromatic rings. The van der Waals surface area contributed by atoms with E-state index in [1.54, 1.807) is 0 Å². The third-order valence-electron chi connectivity index (χ3n) is 1.58. The summed E-state index contributed by atoms with van der Waals surface area (Å²) in [5.74, 6) is -6.32. The lowest BCUT2D eigenvalue weighted by atomic mass is 10.2. The predicted octanol–water partition coefficient (Wildman–Crippen LogP) is 4.37. The molecule has 0 aromatic heterocycles. The molecule has 1 aromatic carbocycles. The van der Waals surface area contributed by atoms with E-state index in [0.29, 0.717) is 0 Å². The van der Waals surface area contributed by atoms with Gasteiger partial charge in [0.05, 0.1) is 0 Å². The molecule has 0 aliphatic heterocycles. The average molecular weight is 220 g/mol. The third-order valence-corrected chi connectivity index (χ3v) is 1.58. The van der Waals surface area contributed by atoms with Gasteiger partial charge in [-0.1, -0.05) is 30.3 Å². The molecule has 0 atom stereocenters. The molecule has 0 aliphatic carbocycles. The van der Waals surface area contributed by atoms with E-state index in [4.69, 9.17) is 0 Å². The molecule has 1 rings (SSSR count). The Kier molecular flexibility index (Phi) is 3.60. The molecular formula is C10H5F5. The highest BCUT2D eigenvalue weighted by Gasteiger charge is 2.18. The van der Waals surface area contributed by atoms with Crippen molar-refractivity contribution in [2.24, 2.45) is 0 Å². The maximum absolute atomic E-state index is 13.0. The number of hydrogen-bond acceptors (Lipinski definition) is 0. The molecular weight excluding hydrogens is 215 g/mol. The van der Waals surface area contributed by atoms with Crippen molar-refractivity contribution in [2.45, 2.75) is 0 Å². The summed E-state index contributed by atoms with van der Waals surface area (Å²) in [5.41, 5.74) is -0.300. The smallest absolute Gasteiger partial charge is 0.203 e. The Hall–Kier alpha value is -1.65. The molecule has 0 bridgehead atoms. The van der Waals surface area contributed by atoms with E-state index >= 15 is 0 Å². The second-order valence-electron chi connectivity index (χ2n) is 2.57. The Morgan fingerprint density at radius 3 is 1.73 bits per heavy atom. The Labute approximate surface area is 82.3 Å². The molecule has 0 spiro atoms. The van der Waals surface area contributed by atoms with Crippen LogP contribution in [-0.4, -0.2) is 0 Å². The van der Waals surface area contributed by atoms with E-state index in [1.165, 1.54) is 18.2 Å². The highest BCUT2D eigenvalue weighted by atomic mass is 19.3. The van der Waals surface area contributed by atoms with Gasteiger partial charge >= 0.3 is 6.08 Å². The fourth-order valence-corrected chi connectivity index (χ4v) is 0.891. The molecule has 0 fully saturated rings. The van der Waals surface area contributed by atoms with Crippen LogP contribution < -0.4 is 0 Å². The molecule has 0 saturated heterocycles. The number of benzene rings is 1. The van der Waals surface area contributed by atoms with Crippen LogP contribution in [0.2, 0.25) is 0 Å². The van der Waals surface area contributed by atoms with E-state index in [-0.39, 0.29) is 5.56 Å². The van der Waals surface area contributed by atoms with Crippen molar-refractivity contribution in [3.8, 4) is 0 Å². The summed E-state index contributed by atoms with van der Waals surface area (Å²) in [5, 5.41) is 0. The second kappa shape index (κ2) is 4.72. The monoisotopic (exact) mass is 220 g/mol. The fraction of sp³-hybridized carbons (Fsp3) is 0. The predicted molar refractivity (Wildman–Crippen MR) is 45.9 cm³/mol. The lowest BCUT2D eigenvalue weighted by Crippen LogP contribution is -1.84. The van der Waals surface area contributed by atoms with Gasteiger partial charge in [-0.3, -0.25) is 0 Å². The largest absolute Gasteiger partial charge is 0.308 e. The first-order valence-electron chi connectivity index (χ1n) is 3.86. The minimum Gasteiger partial charge on any atom is -0.203 e. The van der Waals surface area contributed by atoms with Gasteiger partial charge in [-0.25, -0.2) is 8.78 Å². The van der Waals surface area contributed by atoms with Crippen LogP contribution in [-0.2, 0) is 0 Å². The summed E-state index contributed by atoms with van der Waals surface area (Å²) < 4.78 is 61.3. The molecule has 0 unspecified atom stereocenters. The summed E-state index contributed by atoms with van der Waals surface area (Å²) in [6.07, 6.45) is -2.89. The zero-order valence-corrected chi connectivity index (χ0v) is 7.28. The zero-order valence-electron chi connectivity index (χ0n) is 7.28. The van der Waals surface area contributed by atoms with Crippen LogP contribution in [0.5, 0.6) is 0 Å². The molecule has 0 radical (unpaired) electrons. The van der Waals surface area contributed by atoms with Crippen LogP contribution in [0.15, 0.2) is 48.1 Å². The molecule has 5 heteroatoms. The topological polar surface area (TPSA) is 0 Å². The molecule has 0 aliphatic rings. The maximum atomic E-state index is 13.0. The molecule has 0 saturated carbocycles. The van der Waals surface area contributed by atoms with Crippen molar-refractivity contribution in [2.75, 3.05) is 0 Å². The summed E-state index contributed by atoms with van der Waals surface area (Å²) in [4.78, 5) is 0. The van der Waals surface area contributed by atoms with Crippen molar-refractivity contribution < 1.29 is 22.0 Å². The highest BCUT2D eigenvalue weighted by Crippen LogP contribution is 2.29. The number of halogens is 5. The molecule has 0 nitrogen and oxygen atoms in total. The lowest BCUT2D eigenvalue weighted by molar-refractivity contribution is 0.370. The van der Waals surface area contributed by atoms with E-state index in [0.717, 1.165) is 12.1 Å². The van der Waals surface area contributed by atoms with Crippen molar-refractivity contribution in [3.05, 3.63) is 53.6 Å². The van der Waals surface area contributed by atoms with Crippen molar-refractivity contribution in [1.29, 1.82) is 0 Å². The summed E-state index contributed by atoms with van der Waals surface area (Å²) in [7, 11) is 0. The molecule has 15 heavy (non-hydrogen) atoms. The highest BCUT2D eigenvalue weighted by molar-refractivity contribution is 5.63. The number of hydrogen-bond donors (Lipinski definition) is 0. The van der Waals surface area contributed by atoms with Gasteiger partial charge in [0.1, 0.15) is 0 Å². The van der Waals surface area contributed by atoms with Crippen LogP contribution in [0.4, 0.5) is 22.0 Å². The van der Waals surface area contributed by atoms with Gasteiger partial charge in [-0.15, -0.1) is 0 Å². The summed E-state index contributed by atoms with van der Waals surface area (Å²) in [6.45, 7) is 0. The van der Waals surface area contributed by atoms with Gasteiger partial charge in [0, 0.05) is 5.56 Å². The average Bonchev–Trinajstić information content (AvgIpc) is 2.27. The Morgan fingerprint density at radius 2 is 1.27 bits per heavy atom. The van der Waals surface area contributed by atoms with Crippen LogP contribution in [0.1, 0.15) is 5.56 Å². The van der Waals surface area contributed by atoms with Gasteiger partial charge in [-0.2, -0.15) is 13.2 Å². The van der Waals surface area contributed by atoms with Crippen molar-refractivity contribution in [3.63, 3.8) is 0 Å². The van der Waals surface area contributed by atoms with E-state index in [2.05, 4.69) is 0 Å². The van der Waals surface area contributed by atoms with E-state index < -0.39 is 23.6 Å². The first-order valence-corrected chi connectivity index (χ1v) is 3.86. The third kappa shape index (κ3) is 2.65. The Morgan fingerprint density at radius 1 is 0.733 bits per heavy atom. The Bertz CT molecular complexity index is 401. The van der Waals surface area contributed by atoms with Crippen LogP contribution in [0.25, 0.3) is 5.83 Å². The van der Waals surface area contributed by atoms with E-state index in [9.17, 15) is 22.0 Å². The summed E-state index contributed by atoms with van der Waals surface area (Å²) >= 11 is 0. The van der Waals surface area contributed by atoms with Gasteiger partial charge < -0.3 is 0 Å². The number of allylic oxidation sites excluding steroid dienone is 2. The van der Waals surface area contributed by atoms with Gasteiger partial charge in [0.25, 0.3) is 0 Å². The first kappa shape index (κ1) is 11.4. The SMILES string of the molecule is FC(F)=C(F)/C(F)=C(\F)c1ccccc1. The summed E-state index contributed by atoms with van der Waals surface area (Å²) in [6, 6.07) is 6.54. The van der Waals surface area contributed by atoms with Crippen LogP contribution in [0.3, 0.4) is 0 Å². The lowest BCUT2D eigenvalue weighted by Gasteiger charge is -1.98. The minimum atomic E-state index is -2.89. The fourth-order valence-electron chi connectivity index (χ4n) is 0.891. The van der Waals surface area contributed by atoms with Gasteiger partial charge in [-0.05, 0) is 0 Å². The van der Waals surface area contributed by atoms with Crippen LogP contribution >= 0.6 is 0 Å². The quantitative estimate of drug-likeness (QED) is 0.512. The molecule has 0 heterocycles. The standard InChI is InChI=1S/C10H5F5/c11-7(6-4-2-1-3-5-6)8(12)9(13)10(14)15/h1-5H/b8-7+. The second-order valence-corrected chi connectivity index (χ2v) is 2.57. The Balaban J connectivity index is 3.18. The number of rotatable bonds is 2. The minimum absolute atomic E-state index is 0.300. The van der Waals surface area contributed by atoms with Crippen molar-refractivity contribution in [1.82, 2.24) is 0 Å². The van der Waals surface area contributed by atoms with Gasteiger partial charge in [0.15, 0.2) is 5.83 Å². The maximum Gasteiger partial charge on any atom is 0.308 e. The van der Waals surface area contributed by atoms with Crippen molar-refractivity contribution >= 4 is 5.83 Å². The molecule has 80 valence electrons.